The third-order valence-corrected chi connectivity index (χ3v) is 5.70. The van der Waals surface area contributed by atoms with E-state index in [1.54, 1.807) is 30.3 Å². The highest BCUT2D eigenvalue weighted by molar-refractivity contribution is 9.10. The van der Waals surface area contributed by atoms with E-state index in [1.807, 2.05) is 6.92 Å². The summed E-state index contributed by atoms with van der Waals surface area (Å²) in [5.41, 5.74) is 0.634. The minimum absolute atomic E-state index is 0.00714. The highest BCUT2D eigenvalue weighted by atomic mass is 79.9. The first-order valence-electron chi connectivity index (χ1n) is 10.7. The van der Waals surface area contributed by atoms with Gasteiger partial charge in [-0.1, -0.05) is 35.0 Å². The first kappa shape index (κ1) is 24.7. The Labute approximate surface area is 212 Å². The molecular formula is C24H18BrN5O6. The summed E-state index contributed by atoms with van der Waals surface area (Å²) in [5.74, 6) is 0.435. The molecule has 36 heavy (non-hydrogen) atoms. The van der Waals surface area contributed by atoms with E-state index in [9.17, 15) is 25.0 Å². The second kappa shape index (κ2) is 10.4. The molecule has 0 spiro atoms. The molecule has 4 aromatic rings. The predicted molar refractivity (Wildman–Crippen MR) is 137 cm³/mol. The van der Waals surface area contributed by atoms with Crippen molar-refractivity contribution in [1.29, 1.82) is 0 Å². The van der Waals surface area contributed by atoms with Crippen molar-refractivity contribution < 1.29 is 14.6 Å². The van der Waals surface area contributed by atoms with Crippen LogP contribution in [-0.4, -0.2) is 25.7 Å². The van der Waals surface area contributed by atoms with Gasteiger partial charge in [-0.15, -0.1) is 0 Å². The van der Waals surface area contributed by atoms with E-state index in [4.69, 9.17) is 4.74 Å². The molecule has 0 aliphatic heterocycles. The van der Waals surface area contributed by atoms with Gasteiger partial charge in [-0.25, -0.2) is 4.98 Å². The SMILES string of the molecule is CCc1nc2ccc(Br)cc2c(=O)n1N=Cc1ccc(OCc2cccc([N+](=O)[O-])c2)c([N+](=O)[O-])c1. The van der Waals surface area contributed by atoms with E-state index in [2.05, 4.69) is 26.0 Å². The quantitative estimate of drug-likeness (QED) is 0.170. The molecular weight excluding hydrogens is 534 g/mol. The summed E-state index contributed by atoms with van der Waals surface area (Å²) in [5, 5.41) is 27.2. The van der Waals surface area contributed by atoms with Crippen LogP contribution in [0.15, 0.2) is 75.0 Å². The van der Waals surface area contributed by atoms with Crippen molar-refractivity contribution in [2.24, 2.45) is 5.10 Å². The van der Waals surface area contributed by atoms with E-state index >= 15 is 0 Å². The molecule has 0 atom stereocenters. The van der Waals surface area contributed by atoms with Crippen LogP contribution in [0.3, 0.4) is 0 Å². The number of nitro groups is 2. The highest BCUT2D eigenvalue weighted by Crippen LogP contribution is 2.29. The first-order chi connectivity index (χ1) is 17.3. The standard InChI is InChI=1S/C24H18BrN5O6/c1-2-23-27-20-8-7-17(25)12-19(20)24(31)28(23)26-13-15-6-9-22(21(11-15)30(34)35)36-14-16-4-3-5-18(10-16)29(32)33/h3-13H,2,14H2,1H3. The van der Waals surface area contributed by atoms with Crippen molar-refractivity contribution >= 4 is 44.4 Å². The molecule has 0 amide bonds. The van der Waals surface area contributed by atoms with Crippen molar-refractivity contribution in [1.82, 2.24) is 9.66 Å². The number of aryl methyl sites for hydroxylation is 1. The second-order valence-corrected chi connectivity index (χ2v) is 8.52. The highest BCUT2D eigenvalue weighted by Gasteiger charge is 2.17. The topological polar surface area (TPSA) is 143 Å². The van der Waals surface area contributed by atoms with Gasteiger partial charge in [0.05, 0.1) is 27.0 Å². The van der Waals surface area contributed by atoms with E-state index < -0.39 is 9.85 Å². The molecule has 0 saturated carbocycles. The molecule has 182 valence electrons. The Hall–Kier alpha value is -4.45. The Balaban J connectivity index is 1.63. The third kappa shape index (κ3) is 5.28. The summed E-state index contributed by atoms with van der Waals surface area (Å²) in [4.78, 5) is 39.0. The maximum Gasteiger partial charge on any atom is 0.311 e. The summed E-state index contributed by atoms with van der Waals surface area (Å²) >= 11 is 3.35. The van der Waals surface area contributed by atoms with Crippen molar-refractivity contribution in [2.75, 3.05) is 0 Å². The van der Waals surface area contributed by atoms with Crippen LogP contribution in [0.1, 0.15) is 23.9 Å². The molecule has 3 aromatic carbocycles. The van der Waals surface area contributed by atoms with Crippen LogP contribution in [0.5, 0.6) is 5.75 Å². The molecule has 11 nitrogen and oxygen atoms in total. The number of nitrogens with zero attached hydrogens (tertiary/aromatic N) is 5. The number of hydrogen-bond acceptors (Lipinski definition) is 8. The number of aromatic nitrogens is 2. The lowest BCUT2D eigenvalue weighted by Crippen LogP contribution is -2.22. The lowest BCUT2D eigenvalue weighted by Gasteiger charge is -2.09. The average molecular weight is 552 g/mol. The molecule has 1 aromatic heterocycles. The molecule has 0 N–H and O–H groups in total. The fourth-order valence-electron chi connectivity index (χ4n) is 3.47. The van der Waals surface area contributed by atoms with Gasteiger partial charge < -0.3 is 4.74 Å². The second-order valence-electron chi connectivity index (χ2n) is 7.60. The maximum absolute atomic E-state index is 13.0. The van der Waals surface area contributed by atoms with Crippen molar-refractivity contribution in [3.8, 4) is 5.75 Å². The van der Waals surface area contributed by atoms with Gasteiger partial charge in [0.2, 0.25) is 0 Å². The van der Waals surface area contributed by atoms with Crippen LogP contribution in [0.25, 0.3) is 10.9 Å². The Morgan fingerprint density at radius 3 is 2.61 bits per heavy atom. The zero-order valence-corrected chi connectivity index (χ0v) is 20.4. The van der Waals surface area contributed by atoms with Crippen molar-refractivity contribution in [3.05, 3.63) is 113 Å². The van der Waals surface area contributed by atoms with Gasteiger partial charge >= 0.3 is 5.69 Å². The molecule has 12 heteroatoms. The van der Waals surface area contributed by atoms with Crippen LogP contribution < -0.4 is 10.3 Å². The lowest BCUT2D eigenvalue weighted by atomic mass is 10.2. The fourth-order valence-corrected chi connectivity index (χ4v) is 3.83. The number of non-ortho nitro benzene ring substituents is 1. The van der Waals surface area contributed by atoms with Gasteiger partial charge in [-0.3, -0.25) is 25.0 Å². The van der Waals surface area contributed by atoms with Gasteiger partial charge in [0, 0.05) is 34.7 Å². The molecule has 0 unspecified atom stereocenters. The van der Waals surface area contributed by atoms with Crippen LogP contribution in [-0.2, 0) is 13.0 Å². The summed E-state index contributed by atoms with van der Waals surface area (Å²) < 4.78 is 7.47. The first-order valence-corrected chi connectivity index (χ1v) is 11.5. The molecule has 0 fully saturated rings. The molecule has 0 radical (unpaired) electrons. The van der Waals surface area contributed by atoms with Crippen LogP contribution in [0, 0.1) is 20.2 Å². The normalized spacial score (nSPS) is 11.2. The zero-order chi connectivity index (χ0) is 25.8. The van der Waals surface area contributed by atoms with Crippen LogP contribution in [0.4, 0.5) is 11.4 Å². The minimum atomic E-state index is -0.598. The van der Waals surface area contributed by atoms with Crippen molar-refractivity contribution in [3.63, 3.8) is 0 Å². The zero-order valence-electron chi connectivity index (χ0n) is 18.8. The predicted octanol–water partition coefficient (Wildman–Crippen LogP) is 5.00. The monoisotopic (exact) mass is 551 g/mol. The molecule has 0 bridgehead atoms. The smallest absolute Gasteiger partial charge is 0.311 e. The summed E-state index contributed by atoms with van der Waals surface area (Å²) in [6.07, 6.45) is 1.78. The third-order valence-electron chi connectivity index (χ3n) is 5.21. The number of nitro benzene ring substituents is 2. The Morgan fingerprint density at radius 2 is 1.89 bits per heavy atom. The van der Waals surface area contributed by atoms with Crippen molar-refractivity contribution in [2.45, 2.75) is 20.0 Å². The van der Waals surface area contributed by atoms with Gasteiger partial charge in [0.15, 0.2) is 5.75 Å². The summed E-state index contributed by atoms with van der Waals surface area (Å²) in [7, 11) is 0. The summed E-state index contributed by atoms with van der Waals surface area (Å²) in [6, 6.07) is 15.3. The molecule has 4 rings (SSSR count). The number of rotatable bonds is 8. The van der Waals surface area contributed by atoms with Gasteiger partial charge in [0.25, 0.3) is 11.2 Å². The number of benzene rings is 3. The van der Waals surface area contributed by atoms with E-state index in [0.717, 1.165) is 4.47 Å². The van der Waals surface area contributed by atoms with Gasteiger partial charge in [-0.05, 0) is 35.9 Å². The molecule has 1 heterocycles. The lowest BCUT2D eigenvalue weighted by molar-refractivity contribution is -0.386. The van der Waals surface area contributed by atoms with Gasteiger partial charge in [-0.2, -0.15) is 9.78 Å². The number of halogens is 1. The Morgan fingerprint density at radius 1 is 1.08 bits per heavy atom. The number of fused-ring (bicyclic) bond motifs is 1. The Bertz CT molecular complexity index is 1580. The number of hydrogen-bond donors (Lipinski definition) is 0. The number of ether oxygens (including phenoxy) is 1. The van der Waals surface area contributed by atoms with E-state index in [0.29, 0.717) is 34.3 Å². The molecule has 0 aliphatic carbocycles. The largest absolute Gasteiger partial charge is 0.482 e. The van der Waals surface area contributed by atoms with Gasteiger partial charge in [0.1, 0.15) is 12.4 Å². The maximum atomic E-state index is 13.0. The van der Waals surface area contributed by atoms with E-state index in [-0.39, 0.29) is 29.3 Å². The summed E-state index contributed by atoms with van der Waals surface area (Å²) in [6.45, 7) is 1.75. The van der Waals surface area contributed by atoms with Crippen LogP contribution >= 0.6 is 15.9 Å². The van der Waals surface area contributed by atoms with E-state index in [1.165, 1.54) is 41.2 Å². The average Bonchev–Trinajstić information content (AvgIpc) is 2.87. The minimum Gasteiger partial charge on any atom is -0.482 e. The molecule has 0 saturated heterocycles. The van der Waals surface area contributed by atoms with Crippen LogP contribution in [0.2, 0.25) is 0 Å². The fraction of sp³-hybridized carbons (Fsp3) is 0.125. The molecule has 0 aliphatic rings. The Kier molecular flexibility index (Phi) is 7.15.